The minimum atomic E-state index is -4.03. The van der Waals surface area contributed by atoms with Crippen LogP contribution in [0, 0.1) is 10.1 Å². The summed E-state index contributed by atoms with van der Waals surface area (Å²) in [7, 11) is -4.03. The first kappa shape index (κ1) is 18.3. The van der Waals surface area contributed by atoms with Gasteiger partial charge in [-0.3, -0.25) is 14.8 Å². The number of nitro benzene ring substituents is 1. The molecule has 0 aliphatic rings. The Kier molecular flexibility index (Phi) is 5.27. The number of benzene rings is 2. The van der Waals surface area contributed by atoms with Crippen molar-refractivity contribution in [2.75, 3.05) is 10.0 Å². The number of non-ortho nitro benzene ring substituents is 1. The number of nitrogens with one attached hydrogen (secondary N) is 2. The number of nitrogens with zero attached hydrogens (tertiary/aromatic N) is 3. The molecular weight excluding hydrogens is 370 g/mol. The number of hydrogen-bond acceptors (Lipinski definition) is 7. The van der Waals surface area contributed by atoms with Gasteiger partial charge in [0, 0.05) is 24.9 Å². The Balaban J connectivity index is 1.75. The van der Waals surface area contributed by atoms with Gasteiger partial charge in [-0.2, -0.15) is 4.98 Å². The summed E-state index contributed by atoms with van der Waals surface area (Å²) in [5.74, 6) is 0.296. The normalized spacial score (nSPS) is 11.0. The maximum absolute atomic E-state index is 12.5. The number of aromatic nitrogens is 2. The van der Waals surface area contributed by atoms with Crippen LogP contribution in [0.5, 0.6) is 0 Å². The molecule has 9 nitrogen and oxygen atoms in total. The molecule has 0 atom stereocenters. The molecule has 0 aliphatic carbocycles. The zero-order valence-electron chi connectivity index (χ0n) is 13.9. The molecule has 0 spiro atoms. The van der Waals surface area contributed by atoms with Crippen LogP contribution in [0.3, 0.4) is 0 Å². The summed E-state index contributed by atoms with van der Waals surface area (Å²) in [4.78, 5) is 18.1. The number of nitro groups is 1. The maximum Gasteiger partial charge on any atom is 0.270 e. The van der Waals surface area contributed by atoms with Crippen LogP contribution >= 0.6 is 0 Å². The van der Waals surface area contributed by atoms with Crippen LogP contribution in [0.4, 0.5) is 17.5 Å². The third-order valence-corrected chi connectivity index (χ3v) is 4.88. The van der Waals surface area contributed by atoms with Crippen molar-refractivity contribution in [1.29, 1.82) is 0 Å². The van der Waals surface area contributed by atoms with Gasteiger partial charge in [-0.25, -0.2) is 13.4 Å². The quantitative estimate of drug-likeness (QED) is 0.473. The van der Waals surface area contributed by atoms with E-state index in [-0.39, 0.29) is 22.3 Å². The van der Waals surface area contributed by atoms with E-state index in [0.29, 0.717) is 6.54 Å². The summed E-state index contributed by atoms with van der Waals surface area (Å²) in [6.45, 7) is 0.474. The van der Waals surface area contributed by atoms with E-state index in [4.69, 9.17) is 0 Å². The fraction of sp³-hybridized carbons (Fsp3) is 0.0588. The van der Waals surface area contributed by atoms with Gasteiger partial charge in [0.05, 0.1) is 9.82 Å². The fourth-order valence-electron chi connectivity index (χ4n) is 2.24. The Morgan fingerprint density at radius 3 is 2.56 bits per heavy atom. The monoisotopic (exact) mass is 385 g/mol. The van der Waals surface area contributed by atoms with Gasteiger partial charge in [-0.15, -0.1) is 0 Å². The maximum atomic E-state index is 12.5. The molecule has 0 fully saturated rings. The Labute approximate surface area is 155 Å². The molecule has 1 heterocycles. The number of anilines is 2. The number of hydrogen-bond donors (Lipinski definition) is 2. The van der Waals surface area contributed by atoms with Crippen molar-refractivity contribution in [2.24, 2.45) is 0 Å². The van der Waals surface area contributed by atoms with Crippen LogP contribution in [-0.2, 0) is 16.6 Å². The molecule has 0 saturated heterocycles. The van der Waals surface area contributed by atoms with E-state index < -0.39 is 14.9 Å². The third-order valence-electron chi connectivity index (χ3n) is 3.53. The van der Waals surface area contributed by atoms with Crippen molar-refractivity contribution >= 4 is 27.5 Å². The molecule has 2 N–H and O–H groups in total. The summed E-state index contributed by atoms with van der Waals surface area (Å²) >= 11 is 0. The predicted octanol–water partition coefficient (Wildman–Crippen LogP) is 2.80. The summed E-state index contributed by atoms with van der Waals surface area (Å²) in [5, 5.41) is 13.8. The highest BCUT2D eigenvalue weighted by molar-refractivity contribution is 7.92. The second-order valence-electron chi connectivity index (χ2n) is 5.46. The van der Waals surface area contributed by atoms with Crippen LogP contribution in [0.15, 0.2) is 71.8 Å². The highest BCUT2D eigenvalue weighted by atomic mass is 32.2. The van der Waals surface area contributed by atoms with Crippen LogP contribution in [0.25, 0.3) is 0 Å². The highest BCUT2D eigenvalue weighted by Gasteiger charge is 2.18. The van der Waals surface area contributed by atoms with E-state index >= 15 is 0 Å². The van der Waals surface area contributed by atoms with Crippen molar-refractivity contribution in [1.82, 2.24) is 9.97 Å². The average Bonchev–Trinajstić information content (AvgIpc) is 2.67. The Bertz CT molecular complexity index is 1060. The minimum absolute atomic E-state index is 0.0482. The SMILES string of the molecule is O=[N+]([O-])c1cccc(S(=O)(=O)Nc2ccnc(NCc3ccccc3)n2)c1. The molecule has 0 bridgehead atoms. The zero-order valence-corrected chi connectivity index (χ0v) is 14.8. The van der Waals surface area contributed by atoms with Crippen molar-refractivity contribution in [2.45, 2.75) is 11.4 Å². The van der Waals surface area contributed by atoms with E-state index in [1.165, 1.54) is 30.5 Å². The number of sulfonamides is 1. The third kappa shape index (κ3) is 4.76. The summed E-state index contributed by atoms with van der Waals surface area (Å²) in [5.41, 5.74) is 0.703. The Morgan fingerprint density at radius 1 is 1.04 bits per heavy atom. The summed E-state index contributed by atoms with van der Waals surface area (Å²) in [6.07, 6.45) is 1.41. The van der Waals surface area contributed by atoms with E-state index in [1.54, 1.807) is 0 Å². The van der Waals surface area contributed by atoms with Gasteiger partial charge in [0.2, 0.25) is 5.95 Å². The summed E-state index contributed by atoms with van der Waals surface area (Å²) < 4.78 is 27.2. The van der Waals surface area contributed by atoms with E-state index in [2.05, 4.69) is 20.0 Å². The molecular formula is C17H15N5O4S. The van der Waals surface area contributed by atoms with Crippen LogP contribution in [-0.4, -0.2) is 23.3 Å². The van der Waals surface area contributed by atoms with Gasteiger partial charge in [0.1, 0.15) is 5.82 Å². The molecule has 0 saturated carbocycles. The van der Waals surface area contributed by atoms with Gasteiger partial charge < -0.3 is 5.32 Å². The molecule has 0 unspecified atom stereocenters. The first-order valence-electron chi connectivity index (χ1n) is 7.82. The number of rotatable bonds is 7. The zero-order chi connectivity index (χ0) is 19.3. The van der Waals surface area contributed by atoms with Crippen molar-refractivity contribution in [3.63, 3.8) is 0 Å². The van der Waals surface area contributed by atoms with Gasteiger partial charge in [-0.1, -0.05) is 36.4 Å². The van der Waals surface area contributed by atoms with Crippen LogP contribution in [0.2, 0.25) is 0 Å². The van der Waals surface area contributed by atoms with E-state index in [0.717, 1.165) is 11.6 Å². The molecule has 138 valence electrons. The van der Waals surface area contributed by atoms with Gasteiger partial charge in [0.25, 0.3) is 15.7 Å². The average molecular weight is 385 g/mol. The highest BCUT2D eigenvalue weighted by Crippen LogP contribution is 2.20. The van der Waals surface area contributed by atoms with E-state index in [9.17, 15) is 18.5 Å². The van der Waals surface area contributed by atoms with Crippen molar-refractivity contribution in [3.05, 3.63) is 82.5 Å². The topological polar surface area (TPSA) is 127 Å². The lowest BCUT2D eigenvalue weighted by atomic mass is 10.2. The van der Waals surface area contributed by atoms with Crippen LogP contribution < -0.4 is 10.0 Å². The van der Waals surface area contributed by atoms with Gasteiger partial charge >= 0.3 is 0 Å². The molecule has 27 heavy (non-hydrogen) atoms. The van der Waals surface area contributed by atoms with Gasteiger partial charge in [-0.05, 0) is 17.7 Å². The van der Waals surface area contributed by atoms with Gasteiger partial charge in [0.15, 0.2) is 0 Å². The molecule has 3 aromatic rings. The Hall–Kier alpha value is -3.53. The molecule has 0 radical (unpaired) electrons. The second kappa shape index (κ2) is 7.79. The standard InChI is InChI=1S/C17H15N5O4S/c23-22(24)14-7-4-8-15(11-14)27(25,26)21-16-9-10-18-17(20-16)19-12-13-5-2-1-3-6-13/h1-11H,12H2,(H2,18,19,20,21). The van der Waals surface area contributed by atoms with Crippen molar-refractivity contribution < 1.29 is 13.3 Å². The molecule has 0 amide bonds. The lowest BCUT2D eigenvalue weighted by Gasteiger charge is -2.09. The molecule has 1 aromatic heterocycles. The molecule has 0 aliphatic heterocycles. The first-order valence-corrected chi connectivity index (χ1v) is 9.30. The van der Waals surface area contributed by atoms with Crippen LogP contribution in [0.1, 0.15) is 5.56 Å². The van der Waals surface area contributed by atoms with E-state index in [1.807, 2.05) is 30.3 Å². The Morgan fingerprint density at radius 2 is 1.81 bits per heavy atom. The first-order chi connectivity index (χ1) is 12.9. The smallest absolute Gasteiger partial charge is 0.270 e. The lowest BCUT2D eigenvalue weighted by molar-refractivity contribution is -0.385. The summed E-state index contributed by atoms with van der Waals surface area (Å²) in [6, 6.07) is 15.7. The fourth-order valence-corrected chi connectivity index (χ4v) is 3.28. The minimum Gasteiger partial charge on any atom is -0.350 e. The predicted molar refractivity (Wildman–Crippen MR) is 99.7 cm³/mol. The second-order valence-corrected chi connectivity index (χ2v) is 7.15. The molecule has 3 rings (SSSR count). The van der Waals surface area contributed by atoms with Crippen molar-refractivity contribution in [3.8, 4) is 0 Å². The largest absolute Gasteiger partial charge is 0.350 e. The molecule has 10 heteroatoms. The molecule has 2 aromatic carbocycles. The lowest BCUT2D eigenvalue weighted by Crippen LogP contribution is -2.15.